The van der Waals surface area contributed by atoms with Gasteiger partial charge in [-0.15, -0.1) is 0 Å². The van der Waals surface area contributed by atoms with Crippen LogP contribution in [0.25, 0.3) is 93.9 Å². The average Bonchev–Trinajstić information content (AvgIpc) is 4.41. The van der Waals surface area contributed by atoms with Crippen LogP contribution in [0.3, 0.4) is 0 Å². The van der Waals surface area contributed by atoms with Crippen molar-refractivity contribution in [1.82, 2.24) is 23.7 Å². The molecule has 0 amide bonds. The second-order valence-corrected chi connectivity index (χ2v) is 22.2. The van der Waals surface area contributed by atoms with E-state index in [9.17, 15) is 5.26 Å². The maximum Gasteiger partial charge on any atom is 0.156 e. The molecule has 8 nitrogen and oxygen atoms in total. The minimum absolute atomic E-state index is 0.604. The van der Waals surface area contributed by atoms with Crippen molar-refractivity contribution in [2.45, 2.75) is 15.2 Å². The van der Waals surface area contributed by atoms with Gasteiger partial charge in [0.15, 0.2) is 11.5 Å². The first kappa shape index (κ1) is 44.3. The topological polar surface area (TPSA) is 76.8 Å². The van der Waals surface area contributed by atoms with Crippen LogP contribution in [0.2, 0.25) is 0 Å². The number of hydrogen-bond acceptors (Lipinski definition) is 6. The molecule has 0 radical (unpaired) electrons. The van der Waals surface area contributed by atoms with Gasteiger partial charge in [0.1, 0.15) is 0 Å². The van der Waals surface area contributed by atoms with E-state index in [4.69, 9.17) is 14.7 Å². The standard InChI is InChI=1S/C72H41N7OS/c73-40-43-35-36-61-51(37-43)50-21-5-10-28-60(50)78(61)64-31-15-22-52-70(64)80-71-53(23-16-32-65(71)79-62-29-11-13-33-66(62)81-67-34-14-12-30-63(67)79)72(52)54-38-44(76-56-24-6-1-17-46(56)47-18-2-7-25-57(47)76)41-74-68(54)69-55(72)39-45(42-75-69)77-58-26-8-3-19-48(58)49-20-4-9-27-59(49)77/h1-39,41-42H. The molecule has 0 atom stereocenters. The van der Waals surface area contributed by atoms with Crippen molar-refractivity contribution in [3.63, 3.8) is 0 Å². The Morgan fingerprint density at radius 1 is 0.370 bits per heavy atom. The highest BCUT2D eigenvalue weighted by atomic mass is 32.2. The van der Waals surface area contributed by atoms with Crippen LogP contribution in [0, 0.1) is 11.3 Å². The number of para-hydroxylation sites is 9. The summed E-state index contributed by atoms with van der Waals surface area (Å²) in [7, 11) is 0. The van der Waals surface area contributed by atoms with Crippen LogP contribution >= 0.6 is 11.8 Å². The lowest BCUT2D eigenvalue weighted by atomic mass is 9.66. The Morgan fingerprint density at radius 2 is 0.778 bits per heavy atom. The number of benzene rings is 10. The molecule has 10 aromatic carbocycles. The van der Waals surface area contributed by atoms with Gasteiger partial charge in [0, 0.05) is 64.4 Å². The summed E-state index contributed by atoms with van der Waals surface area (Å²) in [5.41, 5.74) is 17.2. The molecule has 1 spiro atoms. The molecule has 7 heterocycles. The van der Waals surface area contributed by atoms with Crippen LogP contribution in [0.5, 0.6) is 11.5 Å². The zero-order valence-electron chi connectivity index (χ0n) is 43.1. The molecule has 81 heavy (non-hydrogen) atoms. The number of nitrogens with zero attached hydrogens (tertiary/aromatic N) is 7. The normalized spacial score (nSPS) is 13.5. The van der Waals surface area contributed by atoms with Gasteiger partial charge in [-0.05, 0) is 97.1 Å². The molecule has 0 saturated heterocycles. The van der Waals surface area contributed by atoms with Gasteiger partial charge in [-0.1, -0.05) is 151 Å². The van der Waals surface area contributed by atoms with E-state index in [1.54, 1.807) is 11.8 Å². The lowest BCUT2D eigenvalue weighted by Gasteiger charge is -2.42. The Kier molecular flexibility index (Phi) is 9.00. The van der Waals surface area contributed by atoms with Gasteiger partial charge in [0.25, 0.3) is 0 Å². The summed E-state index contributed by atoms with van der Waals surface area (Å²) in [5.74, 6) is 1.44. The minimum Gasteiger partial charge on any atom is -0.452 e. The number of rotatable bonds is 4. The first-order chi connectivity index (χ1) is 40.2. The number of aromatic nitrogens is 5. The minimum atomic E-state index is -1.08. The maximum atomic E-state index is 10.3. The van der Waals surface area contributed by atoms with Crippen molar-refractivity contribution < 1.29 is 4.74 Å². The molecule has 3 aliphatic rings. The molecule has 5 aromatic heterocycles. The van der Waals surface area contributed by atoms with E-state index in [0.717, 1.165) is 127 Å². The summed E-state index contributed by atoms with van der Waals surface area (Å²) in [6.45, 7) is 0. The molecule has 2 aliphatic heterocycles. The van der Waals surface area contributed by atoms with Crippen LogP contribution in [-0.4, -0.2) is 23.7 Å². The highest BCUT2D eigenvalue weighted by Crippen LogP contribution is 2.66. The first-order valence-electron chi connectivity index (χ1n) is 27.2. The molecule has 0 N–H and O–H groups in total. The third-order valence-electron chi connectivity index (χ3n) is 17.2. The van der Waals surface area contributed by atoms with Crippen LogP contribution < -0.4 is 9.64 Å². The number of nitriles is 1. The number of fused-ring (bicyclic) bond motifs is 20. The predicted octanol–water partition coefficient (Wildman–Crippen LogP) is 18.0. The maximum absolute atomic E-state index is 10.3. The molecular weight excluding hydrogens is 1010 g/mol. The van der Waals surface area contributed by atoms with Gasteiger partial charge in [0.2, 0.25) is 0 Å². The molecule has 15 aromatic rings. The monoisotopic (exact) mass is 1050 g/mol. The van der Waals surface area contributed by atoms with Crippen molar-refractivity contribution in [2.75, 3.05) is 4.90 Å². The summed E-state index contributed by atoms with van der Waals surface area (Å²) in [6.07, 6.45) is 4.06. The SMILES string of the molecule is N#Cc1ccc2c(c1)c1ccccc1n2-c1cccc2c1Oc1c(N3c4ccccc4Sc4ccccc43)cccc1C21c2cc(-n3c4ccccc4c4ccccc43)cnc2-c2ncc(-n3c4ccccc4c4ccccc43)cc21. The predicted molar refractivity (Wildman–Crippen MR) is 326 cm³/mol. The molecule has 376 valence electrons. The summed E-state index contributed by atoms with van der Waals surface area (Å²) in [5, 5.41) is 17.0. The van der Waals surface area contributed by atoms with Crippen LogP contribution in [0.1, 0.15) is 27.8 Å². The Hall–Kier alpha value is -10.7. The van der Waals surface area contributed by atoms with Gasteiger partial charge in [-0.25, -0.2) is 0 Å². The average molecular weight is 1050 g/mol. The fourth-order valence-corrected chi connectivity index (χ4v) is 15.0. The Labute approximate surface area is 468 Å². The molecule has 9 heteroatoms. The van der Waals surface area contributed by atoms with Gasteiger partial charge < -0.3 is 23.3 Å². The van der Waals surface area contributed by atoms with Gasteiger partial charge >= 0.3 is 0 Å². The molecular formula is C72H41N7OS. The van der Waals surface area contributed by atoms with Crippen LogP contribution in [-0.2, 0) is 5.41 Å². The Bertz CT molecular complexity index is 4990. The van der Waals surface area contributed by atoms with Crippen molar-refractivity contribution in [3.8, 4) is 46.0 Å². The smallest absolute Gasteiger partial charge is 0.156 e. The van der Waals surface area contributed by atoms with Crippen LogP contribution in [0.4, 0.5) is 17.1 Å². The summed E-state index contributed by atoms with van der Waals surface area (Å²) in [4.78, 5) is 15.9. The highest BCUT2D eigenvalue weighted by Gasteiger charge is 2.54. The van der Waals surface area contributed by atoms with Crippen molar-refractivity contribution in [3.05, 3.63) is 277 Å². The Balaban J connectivity index is 1.01. The molecule has 0 bridgehead atoms. The fourth-order valence-electron chi connectivity index (χ4n) is 13.9. The molecule has 1 aliphatic carbocycles. The van der Waals surface area contributed by atoms with E-state index in [2.05, 4.69) is 249 Å². The molecule has 0 fully saturated rings. The third kappa shape index (κ3) is 5.88. The highest BCUT2D eigenvalue weighted by molar-refractivity contribution is 7.99. The fraction of sp³-hybridized carbons (Fsp3) is 0.0139. The van der Waals surface area contributed by atoms with Gasteiger partial charge in [-0.2, -0.15) is 5.26 Å². The van der Waals surface area contributed by atoms with E-state index < -0.39 is 5.41 Å². The summed E-state index contributed by atoms with van der Waals surface area (Å²) in [6, 6.07) is 87.0. The number of anilines is 3. The number of ether oxygens (including phenoxy) is 1. The quantitative estimate of drug-likeness (QED) is 0.175. The second kappa shape index (κ2) is 16.4. The van der Waals surface area contributed by atoms with E-state index in [0.29, 0.717) is 11.3 Å². The zero-order chi connectivity index (χ0) is 53.1. The summed E-state index contributed by atoms with van der Waals surface area (Å²) < 4.78 is 15.0. The van der Waals surface area contributed by atoms with E-state index in [1.165, 1.54) is 21.5 Å². The lowest BCUT2D eigenvalue weighted by molar-refractivity contribution is 0.435. The van der Waals surface area contributed by atoms with Crippen LogP contribution in [0.15, 0.2) is 259 Å². The third-order valence-corrected chi connectivity index (χ3v) is 18.3. The van der Waals surface area contributed by atoms with Crippen molar-refractivity contribution in [1.29, 1.82) is 5.26 Å². The van der Waals surface area contributed by atoms with Gasteiger partial charge in [-0.3, -0.25) is 9.97 Å². The van der Waals surface area contributed by atoms with Gasteiger partial charge in [0.05, 0.1) is 108 Å². The molecule has 18 rings (SSSR count). The number of pyridine rings is 2. The second-order valence-electron chi connectivity index (χ2n) is 21.1. The van der Waals surface area contributed by atoms with Crippen molar-refractivity contribution >= 4 is 94.2 Å². The Morgan fingerprint density at radius 3 is 1.28 bits per heavy atom. The largest absolute Gasteiger partial charge is 0.452 e. The zero-order valence-corrected chi connectivity index (χ0v) is 43.9. The van der Waals surface area contributed by atoms with E-state index in [-0.39, 0.29) is 0 Å². The number of hydrogen-bond donors (Lipinski definition) is 0. The van der Waals surface area contributed by atoms with E-state index in [1.807, 2.05) is 24.5 Å². The van der Waals surface area contributed by atoms with E-state index >= 15 is 0 Å². The molecule has 0 unspecified atom stereocenters. The summed E-state index contributed by atoms with van der Waals surface area (Å²) >= 11 is 1.79. The first-order valence-corrected chi connectivity index (χ1v) is 28.0. The molecule has 0 saturated carbocycles. The lowest BCUT2D eigenvalue weighted by Crippen LogP contribution is -2.33. The van der Waals surface area contributed by atoms with Crippen molar-refractivity contribution in [2.24, 2.45) is 0 Å².